The van der Waals surface area contributed by atoms with Gasteiger partial charge in [-0.05, 0) is 43.7 Å². The molecule has 5 heteroatoms. The van der Waals surface area contributed by atoms with E-state index >= 15 is 0 Å². The molecule has 2 aromatic rings. The quantitative estimate of drug-likeness (QED) is 0.940. The summed E-state index contributed by atoms with van der Waals surface area (Å²) in [5.41, 5.74) is 1.39. The average molecular weight is 282 g/mol. The van der Waals surface area contributed by atoms with E-state index in [-0.39, 0.29) is 0 Å². The number of aromatic nitrogens is 2. The van der Waals surface area contributed by atoms with E-state index in [1.54, 1.807) is 0 Å². The van der Waals surface area contributed by atoms with Gasteiger partial charge >= 0.3 is 0 Å². The Morgan fingerprint density at radius 3 is 3.05 bits per heavy atom. The fourth-order valence-electron chi connectivity index (χ4n) is 3.15. The highest BCUT2D eigenvalue weighted by Gasteiger charge is 2.36. The Bertz CT molecular complexity index is 698. The molecule has 2 fully saturated rings. The van der Waals surface area contributed by atoms with E-state index in [0.717, 1.165) is 31.0 Å². The highest BCUT2D eigenvalue weighted by atomic mass is 16.5. The molecule has 21 heavy (non-hydrogen) atoms. The lowest BCUT2D eigenvalue weighted by Crippen LogP contribution is -2.35. The first-order valence-corrected chi connectivity index (χ1v) is 7.60. The number of pyridine rings is 1. The van der Waals surface area contributed by atoms with E-state index in [0.29, 0.717) is 23.7 Å². The zero-order chi connectivity index (χ0) is 14.2. The molecule has 108 valence electrons. The summed E-state index contributed by atoms with van der Waals surface area (Å²) in [6, 6.07) is 8.38. The lowest BCUT2D eigenvalue weighted by molar-refractivity contribution is -0.00223. The van der Waals surface area contributed by atoms with Crippen LogP contribution in [-0.2, 0) is 4.74 Å². The van der Waals surface area contributed by atoms with Crippen molar-refractivity contribution in [1.29, 1.82) is 5.26 Å². The third kappa shape index (κ3) is 2.36. The smallest absolute Gasteiger partial charge is 0.168 e. The predicted molar refractivity (Wildman–Crippen MR) is 79.0 cm³/mol. The van der Waals surface area contributed by atoms with E-state index in [1.165, 1.54) is 12.8 Å². The number of hydrogen-bond donors (Lipinski definition) is 1. The molecule has 0 spiro atoms. The maximum Gasteiger partial charge on any atom is 0.168 e. The summed E-state index contributed by atoms with van der Waals surface area (Å²) in [6.07, 6.45) is 6.86. The van der Waals surface area contributed by atoms with Crippen LogP contribution in [-0.4, -0.2) is 28.1 Å². The summed E-state index contributed by atoms with van der Waals surface area (Å²) in [6.45, 7) is 0.800. The molecule has 0 amide bonds. The third-order valence-electron chi connectivity index (χ3n) is 4.44. The minimum absolute atomic E-state index is 0.348. The van der Waals surface area contributed by atoms with Gasteiger partial charge in [0, 0.05) is 18.8 Å². The molecule has 2 unspecified atom stereocenters. The summed E-state index contributed by atoms with van der Waals surface area (Å²) in [5.74, 6) is 1.45. The van der Waals surface area contributed by atoms with Gasteiger partial charge in [0.2, 0.25) is 0 Å². The number of imidazole rings is 1. The number of rotatable bonds is 3. The number of anilines is 1. The van der Waals surface area contributed by atoms with Crippen LogP contribution in [0.1, 0.15) is 31.4 Å². The van der Waals surface area contributed by atoms with Crippen molar-refractivity contribution in [2.75, 3.05) is 11.9 Å². The Labute approximate surface area is 123 Å². The first kappa shape index (κ1) is 12.7. The van der Waals surface area contributed by atoms with Crippen LogP contribution in [0.2, 0.25) is 0 Å². The first-order valence-electron chi connectivity index (χ1n) is 7.60. The molecule has 1 aliphatic carbocycles. The molecule has 2 aliphatic rings. The number of ether oxygens (including phenoxy) is 1. The van der Waals surface area contributed by atoms with Gasteiger partial charge in [-0.25, -0.2) is 4.98 Å². The standard InChI is InChI=1S/C16H18N4O/c17-10-13-16(19-15-3-1-2-7-20(13)15)18-12-6-8-21-14(9-12)11-4-5-11/h1-3,7,11-12,14,18H,4-6,8-9H2. The van der Waals surface area contributed by atoms with Crippen LogP contribution in [0.4, 0.5) is 5.82 Å². The van der Waals surface area contributed by atoms with Crippen molar-refractivity contribution in [1.82, 2.24) is 9.38 Å². The van der Waals surface area contributed by atoms with Crippen LogP contribution in [0.25, 0.3) is 5.65 Å². The highest BCUT2D eigenvalue weighted by molar-refractivity contribution is 5.59. The highest BCUT2D eigenvalue weighted by Crippen LogP contribution is 2.38. The fourth-order valence-corrected chi connectivity index (χ4v) is 3.15. The lowest BCUT2D eigenvalue weighted by Gasteiger charge is -2.30. The van der Waals surface area contributed by atoms with Gasteiger partial charge in [-0.2, -0.15) is 5.26 Å². The minimum Gasteiger partial charge on any atom is -0.378 e. The fraction of sp³-hybridized carbons (Fsp3) is 0.500. The Hall–Kier alpha value is -2.06. The van der Waals surface area contributed by atoms with E-state index in [1.807, 2.05) is 28.8 Å². The largest absolute Gasteiger partial charge is 0.378 e. The zero-order valence-electron chi connectivity index (χ0n) is 11.8. The molecule has 4 rings (SSSR count). The Kier molecular flexibility index (Phi) is 3.04. The van der Waals surface area contributed by atoms with Gasteiger partial charge in [0.25, 0.3) is 0 Å². The van der Waals surface area contributed by atoms with Crippen molar-refractivity contribution in [2.24, 2.45) is 5.92 Å². The molecular weight excluding hydrogens is 264 g/mol. The third-order valence-corrected chi connectivity index (χ3v) is 4.44. The molecule has 0 aromatic carbocycles. The summed E-state index contributed by atoms with van der Waals surface area (Å²) in [4.78, 5) is 4.55. The topological polar surface area (TPSA) is 62.3 Å². The van der Waals surface area contributed by atoms with E-state index < -0.39 is 0 Å². The van der Waals surface area contributed by atoms with Crippen molar-refractivity contribution >= 4 is 11.5 Å². The maximum atomic E-state index is 9.41. The van der Waals surface area contributed by atoms with Crippen LogP contribution in [0, 0.1) is 17.2 Å². The van der Waals surface area contributed by atoms with Crippen LogP contribution in [0.15, 0.2) is 24.4 Å². The number of nitrogens with zero attached hydrogens (tertiary/aromatic N) is 3. The molecule has 1 aliphatic heterocycles. The van der Waals surface area contributed by atoms with E-state index in [2.05, 4.69) is 16.4 Å². The van der Waals surface area contributed by atoms with Crippen molar-refractivity contribution in [3.8, 4) is 6.07 Å². The predicted octanol–water partition coefficient (Wildman–Crippen LogP) is 2.58. The van der Waals surface area contributed by atoms with E-state index in [9.17, 15) is 5.26 Å². The molecule has 2 aromatic heterocycles. The van der Waals surface area contributed by atoms with Gasteiger partial charge in [-0.3, -0.25) is 4.40 Å². The summed E-state index contributed by atoms with van der Waals surface area (Å²) in [5, 5.41) is 12.9. The molecule has 2 atom stereocenters. The zero-order valence-corrected chi connectivity index (χ0v) is 11.8. The Morgan fingerprint density at radius 1 is 1.33 bits per heavy atom. The number of fused-ring (bicyclic) bond motifs is 1. The molecule has 3 heterocycles. The average Bonchev–Trinajstić information content (AvgIpc) is 3.30. The molecule has 1 N–H and O–H groups in total. The van der Waals surface area contributed by atoms with Crippen molar-refractivity contribution < 1.29 is 4.74 Å². The maximum absolute atomic E-state index is 9.41. The van der Waals surface area contributed by atoms with Gasteiger partial charge in [-0.1, -0.05) is 6.07 Å². The number of nitriles is 1. The Morgan fingerprint density at radius 2 is 2.24 bits per heavy atom. The molecule has 5 nitrogen and oxygen atoms in total. The minimum atomic E-state index is 0.348. The molecule has 1 saturated carbocycles. The monoisotopic (exact) mass is 282 g/mol. The van der Waals surface area contributed by atoms with Gasteiger partial charge < -0.3 is 10.1 Å². The number of hydrogen-bond acceptors (Lipinski definition) is 4. The lowest BCUT2D eigenvalue weighted by atomic mass is 10.00. The van der Waals surface area contributed by atoms with Gasteiger partial charge in [0.1, 0.15) is 11.7 Å². The number of nitrogens with one attached hydrogen (secondary N) is 1. The molecular formula is C16H18N4O. The van der Waals surface area contributed by atoms with Crippen LogP contribution in [0.3, 0.4) is 0 Å². The SMILES string of the molecule is N#Cc1c(NC2CCOC(C3CC3)C2)nc2ccccn12. The second-order valence-electron chi connectivity index (χ2n) is 5.96. The molecule has 1 saturated heterocycles. The van der Waals surface area contributed by atoms with Gasteiger partial charge in [0.05, 0.1) is 6.10 Å². The molecule has 0 radical (unpaired) electrons. The van der Waals surface area contributed by atoms with Gasteiger partial charge in [-0.15, -0.1) is 0 Å². The van der Waals surface area contributed by atoms with Crippen molar-refractivity contribution in [3.63, 3.8) is 0 Å². The van der Waals surface area contributed by atoms with E-state index in [4.69, 9.17) is 4.74 Å². The van der Waals surface area contributed by atoms with Crippen LogP contribution >= 0.6 is 0 Å². The van der Waals surface area contributed by atoms with Crippen molar-refractivity contribution in [2.45, 2.75) is 37.8 Å². The Balaban J connectivity index is 1.57. The summed E-state index contributed by atoms with van der Waals surface area (Å²) < 4.78 is 7.69. The first-order chi connectivity index (χ1) is 10.3. The summed E-state index contributed by atoms with van der Waals surface area (Å²) in [7, 11) is 0. The van der Waals surface area contributed by atoms with Crippen LogP contribution < -0.4 is 5.32 Å². The van der Waals surface area contributed by atoms with Crippen molar-refractivity contribution in [3.05, 3.63) is 30.1 Å². The summed E-state index contributed by atoms with van der Waals surface area (Å²) >= 11 is 0. The van der Waals surface area contributed by atoms with Crippen LogP contribution in [0.5, 0.6) is 0 Å². The van der Waals surface area contributed by atoms with Gasteiger partial charge in [0.15, 0.2) is 11.5 Å². The second kappa shape index (κ2) is 5.05. The normalized spacial score (nSPS) is 25.7. The molecule has 0 bridgehead atoms. The second-order valence-corrected chi connectivity index (χ2v) is 5.96.